The third-order valence-electron chi connectivity index (χ3n) is 3.56. The monoisotopic (exact) mass is 299 g/mol. The second kappa shape index (κ2) is 6.25. The first-order valence-corrected chi connectivity index (χ1v) is 7.20. The lowest BCUT2D eigenvalue weighted by atomic mass is 10.1. The number of hydrogen-bond donors (Lipinski definition) is 2. The smallest absolute Gasteiger partial charge is 0.142 e. The highest BCUT2D eigenvalue weighted by Gasteiger charge is 2.25. The van der Waals surface area contributed by atoms with Crippen LogP contribution in [0, 0.1) is 12.7 Å². The molecule has 0 aliphatic carbocycles. The molecule has 2 aromatic rings. The fourth-order valence-corrected chi connectivity index (χ4v) is 2.44. The number of halogens is 1. The SMILES string of the molecule is Cc1ccc(N2NC(CO)N=C2Cc2cccc(F)c2)cc1. The summed E-state index contributed by atoms with van der Waals surface area (Å²) in [4.78, 5) is 4.47. The Labute approximate surface area is 128 Å². The molecule has 5 heteroatoms. The first kappa shape index (κ1) is 14.7. The van der Waals surface area contributed by atoms with Crippen molar-refractivity contribution < 1.29 is 9.50 Å². The predicted molar refractivity (Wildman–Crippen MR) is 85.2 cm³/mol. The van der Waals surface area contributed by atoms with E-state index in [2.05, 4.69) is 10.4 Å². The summed E-state index contributed by atoms with van der Waals surface area (Å²) in [6, 6.07) is 14.5. The lowest BCUT2D eigenvalue weighted by Crippen LogP contribution is -2.42. The summed E-state index contributed by atoms with van der Waals surface area (Å²) in [7, 11) is 0. The number of amidine groups is 1. The van der Waals surface area contributed by atoms with Crippen molar-refractivity contribution in [2.45, 2.75) is 19.5 Å². The molecule has 0 aromatic heterocycles. The molecular weight excluding hydrogens is 281 g/mol. The van der Waals surface area contributed by atoms with Crippen molar-refractivity contribution in [1.29, 1.82) is 0 Å². The lowest BCUT2D eigenvalue weighted by molar-refractivity contribution is 0.254. The van der Waals surface area contributed by atoms with Crippen molar-refractivity contribution in [3.05, 3.63) is 65.5 Å². The van der Waals surface area contributed by atoms with Crippen LogP contribution < -0.4 is 10.4 Å². The molecule has 1 atom stereocenters. The average molecular weight is 299 g/mol. The molecule has 4 nitrogen and oxygen atoms in total. The fraction of sp³-hybridized carbons (Fsp3) is 0.235. The molecule has 0 fully saturated rings. The highest BCUT2D eigenvalue weighted by atomic mass is 19.1. The maximum absolute atomic E-state index is 13.3. The molecule has 0 amide bonds. The average Bonchev–Trinajstić information content (AvgIpc) is 2.91. The minimum absolute atomic E-state index is 0.0883. The van der Waals surface area contributed by atoms with E-state index in [9.17, 15) is 9.50 Å². The first-order valence-electron chi connectivity index (χ1n) is 7.20. The van der Waals surface area contributed by atoms with Gasteiger partial charge in [-0.2, -0.15) is 0 Å². The van der Waals surface area contributed by atoms with Gasteiger partial charge in [-0.25, -0.2) is 14.8 Å². The van der Waals surface area contributed by atoms with Crippen molar-refractivity contribution >= 4 is 11.5 Å². The van der Waals surface area contributed by atoms with E-state index in [0.29, 0.717) is 6.42 Å². The maximum atomic E-state index is 13.3. The van der Waals surface area contributed by atoms with Gasteiger partial charge in [-0.15, -0.1) is 0 Å². The predicted octanol–water partition coefficient (Wildman–Crippen LogP) is 2.42. The molecule has 2 N–H and O–H groups in total. The molecule has 1 heterocycles. The molecule has 2 aromatic carbocycles. The second-order valence-electron chi connectivity index (χ2n) is 5.35. The Kier molecular flexibility index (Phi) is 4.18. The summed E-state index contributed by atoms with van der Waals surface area (Å²) in [5.74, 6) is 0.498. The summed E-state index contributed by atoms with van der Waals surface area (Å²) in [6.07, 6.45) is 0.125. The minimum atomic E-state index is -0.370. The minimum Gasteiger partial charge on any atom is -0.393 e. The zero-order valence-corrected chi connectivity index (χ0v) is 12.3. The number of aliphatic hydroxyl groups excluding tert-OH is 1. The number of benzene rings is 2. The number of nitrogens with one attached hydrogen (secondary N) is 1. The van der Waals surface area contributed by atoms with Gasteiger partial charge in [0.1, 0.15) is 17.8 Å². The Morgan fingerprint density at radius 1 is 1.23 bits per heavy atom. The number of anilines is 1. The Balaban J connectivity index is 1.86. The van der Waals surface area contributed by atoms with E-state index in [1.165, 1.54) is 17.7 Å². The van der Waals surface area contributed by atoms with Crippen LogP contribution in [-0.4, -0.2) is 23.7 Å². The van der Waals surface area contributed by atoms with Crippen LogP contribution in [0.15, 0.2) is 53.5 Å². The summed E-state index contributed by atoms with van der Waals surface area (Å²) in [5, 5.41) is 11.2. The van der Waals surface area contributed by atoms with Crippen LogP contribution in [-0.2, 0) is 6.42 Å². The van der Waals surface area contributed by atoms with E-state index in [4.69, 9.17) is 0 Å². The molecule has 0 radical (unpaired) electrons. The summed E-state index contributed by atoms with van der Waals surface area (Å²) in [5.41, 5.74) is 6.10. The summed E-state index contributed by atoms with van der Waals surface area (Å²) in [6.45, 7) is 1.94. The van der Waals surface area contributed by atoms with Gasteiger partial charge in [-0.05, 0) is 36.8 Å². The maximum Gasteiger partial charge on any atom is 0.142 e. The number of hydrazine groups is 1. The van der Waals surface area contributed by atoms with Gasteiger partial charge in [-0.3, -0.25) is 5.01 Å². The van der Waals surface area contributed by atoms with Crippen molar-refractivity contribution in [3.8, 4) is 0 Å². The van der Waals surface area contributed by atoms with Crippen LogP contribution in [0.3, 0.4) is 0 Å². The number of rotatable bonds is 4. The first-order chi connectivity index (χ1) is 10.7. The van der Waals surface area contributed by atoms with Gasteiger partial charge in [-0.1, -0.05) is 29.8 Å². The normalized spacial score (nSPS) is 17.7. The van der Waals surface area contributed by atoms with Gasteiger partial charge in [0.2, 0.25) is 0 Å². The molecule has 114 valence electrons. The van der Waals surface area contributed by atoms with Gasteiger partial charge in [0.05, 0.1) is 12.3 Å². The third kappa shape index (κ3) is 3.16. The largest absolute Gasteiger partial charge is 0.393 e. The van der Waals surface area contributed by atoms with E-state index in [0.717, 1.165) is 17.1 Å². The van der Waals surface area contributed by atoms with Gasteiger partial charge >= 0.3 is 0 Å². The molecule has 1 unspecified atom stereocenters. The fourth-order valence-electron chi connectivity index (χ4n) is 2.44. The van der Waals surface area contributed by atoms with Crippen LogP contribution >= 0.6 is 0 Å². The highest BCUT2D eigenvalue weighted by Crippen LogP contribution is 2.20. The molecule has 0 spiro atoms. The van der Waals surface area contributed by atoms with Crippen LogP contribution in [0.5, 0.6) is 0 Å². The Bertz CT molecular complexity index is 685. The van der Waals surface area contributed by atoms with E-state index < -0.39 is 0 Å². The lowest BCUT2D eigenvalue weighted by Gasteiger charge is -2.21. The highest BCUT2D eigenvalue weighted by molar-refractivity contribution is 5.99. The van der Waals surface area contributed by atoms with Crippen LogP contribution in [0.4, 0.5) is 10.1 Å². The number of aliphatic imine (C=N–C) groups is 1. The molecule has 1 aliphatic rings. The number of aliphatic hydroxyl groups is 1. The molecule has 3 rings (SSSR count). The van der Waals surface area contributed by atoms with Crippen LogP contribution in [0.1, 0.15) is 11.1 Å². The van der Waals surface area contributed by atoms with Crippen molar-refractivity contribution in [1.82, 2.24) is 5.43 Å². The quantitative estimate of drug-likeness (QED) is 0.911. The zero-order valence-electron chi connectivity index (χ0n) is 12.3. The number of nitrogens with zero attached hydrogens (tertiary/aromatic N) is 2. The Morgan fingerprint density at radius 3 is 2.68 bits per heavy atom. The van der Waals surface area contributed by atoms with Gasteiger partial charge in [0.15, 0.2) is 0 Å². The van der Waals surface area contributed by atoms with E-state index in [1.807, 2.05) is 42.3 Å². The van der Waals surface area contributed by atoms with Gasteiger partial charge in [0, 0.05) is 6.42 Å². The van der Waals surface area contributed by atoms with Crippen molar-refractivity contribution in [2.75, 3.05) is 11.6 Å². The molecule has 0 bridgehead atoms. The van der Waals surface area contributed by atoms with Crippen molar-refractivity contribution in [3.63, 3.8) is 0 Å². The topological polar surface area (TPSA) is 47.9 Å². The molecule has 1 aliphatic heterocycles. The van der Waals surface area contributed by atoms with Crippen LogP contribution in [0.2, 0.25) is 0 Å². The van der Waals surface area contributed by atoms with Gasteiger partial charge in [0.25, 0.3) is 0 Å². The number of aryl methyl sites for hydroxylation is 1. The standard InChI is InChI=1S/C17H18FN3O/c1-12-5-7-15(8-6-12)21-17(19-16(11-22)20-21)10-13-3-2-4-14(18)9-13/h2-9,16,20,22H,10-11H2,1H3. The van der Waals surface area contributed by atoms with Crippen molar-refractivity contribution in [2.24, 2.45) is 4.99 Å². The third-order valence-corrected chi connectivity index (χ3v) is 3.56. The Morgan fingerprint density at radius 2 is 2.00 bits per heavy atom. The second-order valence-corrected chi connectivity index (χ2v) is 5.35. The summed E-state index contributed by atoms with van der Waals surface area (Å²) < 4.78 is 13.3. The van der Waals surface area contributed by atoms with E-state index in [1.54, 1.807) is 6.07 Å². The van der Waals surface area contributed by atoms with Crippen LogP contribution in [0.25, 0.3) is 0 Å². The molecular formula is C17H18FN3O. The summed E-state index contributed by atoms with van der Waals surface area (Å²) >= 11 is 0. The van der Waals surface area contributed by atoms with E-state index in [-0.39, 0.29) is 18.6 Å². The number of hydrogen-bond acceptors (Lipinski definition) is 4. The Hall–Kier alpha value is -2.24. The molecule has 0 saturated heterocycles. The molecule has 22 heavy (non-hydrogen) atoms. The zero-order chi connectivity index (χ0) is 15.5. The molecule has 0 saturated carbocycles. The van der Waals surface area contributed by atoms with Gasteiger partial charge < -0.3 is 5.11 Å². The van der Waals surface area contributed by atoms with E-state index >= 15 is 0 Å².